The molecule has 0 aliphatic rings. The third-order valence-electron chi connectivity index (χ3n) is 2.03. The molecule has 84 valence electrons. The maximum absolute atomic E-state index is 10.8. The molecule has 0 rings (SSSR count). The topological polar surface area (TPSA) is 67.6 Å². The Morgan fingerprint density at radius 1 is 1.43 bits per heavy atom. The van der Waals surface area contributed by atoms with Gasteiger partial charge in [-0.1, -0.05) is 0 Å². The first-order valence-electron chi connectivity index (χ1n) is 4.87. The van der Waals surface area contributed by atoms with Crippen molar-refractivity contribution in [1.82, 2.24) is 10.3 Å². The van der Waals surface area contributed by atoms with E-state index in [1.54, 1.807) is 7.11 Å². The van der Waals surface area contributed by atoms with Crippen LogP contribution >= 0.6 is 0 Å². The number of nitrogens with two attached hydrogens (primary N) is 1. The van der Waals surface area contributed by atoms with E-state index >= 15 is 0 Å². The second-order valence-corrected chi connectivity index (χ2v) is 3.32. The van der Waals surface area contributed by atoms with Crippen LogP contribution in [0.15, 0.2) is 0 Å². The Bertz CT molecular complexity index is 153. The molecule has 0 radical (unpaired) electrons. The van der Waals surface area contributed by atoms with Crippen LogP contribution in [0, 0.1) is 0 Å². The maximum Gasteiger partial charge on any atom is 0.233 e. The second-order valence-electron chi connectivity index (χ2n) is 3.32. The van der Waals surface area contributed by atoms with Crippen molar-refractivity contribution < 1.29 is 9.53 Å². The summed E-state index contributed by atoms with van der Waals surface area (Å²) in [5, 5.41) is 0. The summed E-state index contributed by atoms with van der Waals surface area (Å²) in [7, 11) is 3.74. The Morgan fingerprint density at radius 3 is 2.71 bits per heavy atom. The van der Waals surface area contributed by atoms with Gasteiger partial charge >= 0.3 is 0 Å². The number of unbranched alkanes of at least 4 members (excludes halogenated alkanes) is 1. The quantitative estimate of drug-likeness (QED) is 0.246. The highest BCUT2D eigenvalue weighted by Crippen LogP contribution is 1.96. The fraction of sp³-hybridized carbons (Fsp3) is 0.889. The van der Waals surface area contributed by atoms with Gasteiger partial charge in [0.05, 0.1) is 6.61 Å². The van der Waals surface area contributed by atoms with Gasteiger partial charge in [0.1, 0.15) is 0 Å². The van der Waals surface area contributed by atoms with E-state index in [1.807, 2.05) is 7.05 Å². The molecular formula is C9H21N3O2. The third kappa shape index (κ3) is 7.97. The number of hydrogen-bond acceptors (Lipinski definition) is 4. The largest absolute Gasteiger partial charge is 0.383 e. The Labute approximate surface area is 85.6 Å². The number of carbonyl (C=O) groups excluding carboxylic acids is 1. The lowest BCUT2D eigenvalue weighted by atomic mass is 10.2. The van der Waals surface area contributed by atoms with E-state index in [2.05, 4.69) is 10.3 Å². The summed E-state index contributed by atoms with van der Waals surface area (Å²) in [6, 6.07) is 0. The molecule has 0 aromatic heterocycles. The van der Waals surface area contributed by atoms with E-state index in [0.717, 1.165) is 32.5 Å². The number of nitrogens with one attached hydrogen (secondary N) is 1. The highest BCUT2D eigenvalue weighted by molar-refractivity contribution is 5.74. The van der Waals surface area contributed by atoms with Crippen LogP contribution in [-0.4, -0.2) is 44.7 Å². The van der Waals surface area contributed by atoms with Crippen LogP contribution in [0.1, 0.15) is 19.3 Å². The predicted molar refractivity (Wildman–Crippen MR) is 55.6 cm³/mol. The van der Waals surface area contributed by atoms with E-state index in [9.17, 15) is 4.79 Å². The number of nitrogens with zero attached hydrogens (tertiary/aromatic N) is 1. The predicted octanol–water partition coefficient (Wildman–Crippen LogP) is -0.275. The summed E-state index contributed by atoms with van der Waals surface area (Å²) in [4.78, 5) is 12.9. The van der Waals surface area contributed by atoms with E-state index in [-0.39, 0.29) is 5.91 Å². The van der Waals surface area contributed by atoms with Crippen molar-refractivity contribution in [1.29, 1.82) is 0 Å². The van der Waals surface area contributed by atoms with E-state index in [0.29, 0.717) is 6.42 Å². The average molecular weight is 203 g/mol. The molecule has 0 unspecified atom stereocenters. The van der Waals surface area contributed by atoms with Crippen molar-refractivity contribution in [2.24, 2.45) is 5.84 Å². The van der Waals surface area contributed by atoms with Gasteiger partial charge in [0.15, 0.2) is 0 Å². The summed E-state index contributed by atoms with van der Waals surface area (Å²) in [6.07, 6.45) is 2.39. The molecule has 0 heterocycles. The lowest BCUT2D eigenvalue weighted by Crippen LogP contribution is -2.30. The molecule has 0 spiro atoms. The molecule has 0 aliphatic carbocycles. The van der Waals surface area contributed by atoms with Crippen molar-refractivity contribution in [2.45, 2.75) is 19.3 Å². The van der Waals surface area contributed by atoms with Gasteiger partial charge < -0.3 is 9.64 Å². The van der Waals surface area contributed by atoms with E-state index in [1.165, 1.54) is 0 Å². The number of rotatable bonds is 8. The molecule has 3 N–H and O–H groups in total. The van der Waals surface area contributed by atoms with Crippen molar-refractivity contribution >= 4 is 5.91 Å². The molecule has 0 aliphatic heterocycles. The molecule has 0 aromatic rings. The highest BCUT2D eigenvalue weighted by Gasteiger charge is 2.00. The number of carbonyl (C=O) groups is 1. The van der Waals surface area contributed by atoms with Crippen molar-refractivity contribution in [3.63, 3.8) is 0 Å². The molecule has 0 saturated carbocycles. The minimum atomic E-state index is -0.0930. The molecule has 1 amide bonds. The summed E-state index contributed by atoms with van der Waals surface area (Å²) < 4.78 is 4.95. The number of methoxy groups -OCH3 is 1. The van der Waals surface area contributed by atoms with Gasteiger partial charge in [0.25, 0.3) is 0 Å². The first kappa shape index (κ1) is 13.4. The molecule has 14 heavy (non-hydrogen) atoms. The van der Waals surface area contributed by atoms with Crippen molar-refractivity contribution in [3.05, 3.63) is 0 Å². The molecule has 5 nitrogen and oxygen atoms in total. The van der Waals surface area contributed by atoms with Crippen LogP contribution in [0.5, 0.6) is 0 Å². The van der Waals surface area contributed by atoms with Gasteiger partial charge in [-0.2, -0.15) is 0 Å². The Balaban J connectivity index is 3.22. The zero-order chi connectivity index (χ0) is 10.8. The third-order valence-corrected chi connectivity index (χ3v) is 2.03. The van der Waals surface area contributed by atoms with Gasteiger partial charge in [-0.05, 0) is 26.4 Å². The highest BCUT2D eigenvalue weighted by atomic mass is 16.5. The summed E-state index contributed by atoms with van der Waals surface area (Å²) in [5.74, 6) is 4.86. The molecule has 0 bridgehead atoms. The second kappa shape index (κ2) is 8.93. The SMILES string of the molecule is COCCN(C)CCCCC(=O)NN. The van der Waals surface area contributed by atoms with Crippen molar-refractivity contribution in [2.75, 3.05) is 33.9 Å². The van der Waals surface area contributed by atoms with Crippen LogP contribution in [-0.2, 0) is 9.53 Å². The van der Waals surface area contributed by atoms with Crippen LogP contribution in [0.3, 0.4) is 0 Å². The Kier molecular flexibility index (Phi) is 8.51. The lowest BCUT2D eigenvalue weighted by Gasteiger charge is -2.15. The maximum atomic E-state index is 10.8. The summed E-state index contributed by atoms with van der Waals surface area (Å²) >= 11 is 0. The monoisotopic (exact) mass is 203 g/mol. The van der Waals surface area contributed by atoms with Crippen molar-refractivity contribution in [3.8, 4) is 0 Å². The molecule has 0 fully saturated rings. The Hall–Kier alpha value is -0.650. The van der Waals surface area contributed by atoms with Crippen LogP contribution < -0.4 is 11.3 Å². The minimum absolute atomic E-state index is 0.0930. The minimum Gasteiger partial charge on any atom is -0.383 e. The summed E-state index contributed by atoms with van der Waals surface area (Å²) in [5.41, 5.74) is 2.11. The fourth-order valence-electron chi connectivity index (χ4n) is 1.10. The standard InChI is InChI=1S/C9H21N3O2/c1-12(7-8-14-2)6-4-3-5-9(13)11-10/h3-8,10H2,1-2H3,(H,11,13). The number of amides is 1. The average Bonchev–Trinajstić information content (AvgIpc) is 2.21. The normalized spacial score (nSPS) is 10.6. The molecular weight excluding hydrogens is 182 g/mol. The van der Waals surface area contributed by atoms with Gasteiger partial charge in [-0.25, -0.2) is 5.84 Å². The van der Waals surface area contributed by atoms with Gasteiger partial charge in [0, 0.05) is 20.1 Å². The molecule has 0 saturated heterocycles. The number of hydrogen-bond donors (Lipinski definition) is 2. The zero-order valence-electron chi connectivity index (χ0n) is 9.08. The lowest BCUT2D eigenvalue weighted by molar-refractivity contribution is -0.121. The van der Waals surface area contributed by atoms with E-state index in [4.69, 9.17) is 10.6 Å². The first-order valence-corrected chi connectivity index (χ1v) is 4.87. The molecule has 0 aromatic carbocycles. The zero-order valence-corrected chi connectivity index (χ0v) is 9.08. The number of hydrazine groups is 1. The summed E-state index contributed by atoms with van der Waals surface area (Å²) in [6.45, 7) is 2.67. The van der Waals surface area contributed by atoms with E-state index < -0.39 is 0 Å². The molecule has 0 atom stereocenters. The fourth-order valence-corrected chi connectivity index (χ4v) is 1.10. The van der Waals surface area contributed by atoms with Crippen LogP contribution in [0.25, 0.3) is 0 Å². The number of likely N-dealkylation sites (N-methyl/N-ethyl adjacent to an activating group) is 1. The smallest absolute Gasteiger partial charge is 0.233 e. The number of ether oxygens (including phenoxy) is 1. The molecule has 5 heteroatoms. The van der Waals surface area contributed by atoms with Gasteiger partial charge in [0.2, 0.25) is 5.91 Å². The van der Waals surface area contributed by atoms with Gasteiger partial charge in [-0.15, -0.1) is 0 Å². The Morgan fingerprint density at radius 2 is 2.14 bits per heavy atom. The van der Waals surface area contributed by atoms with Crippen LogP contribution in [0.2, 0.25) is 0 Å². The first-order chi connectivity index (χ1) is 6.70. The van der Waals surface area contributed by atoms with Gasteiger partial charge in [-0.3, -0.25) is 10.2 Å². The van der Waals surface area contributed by atoms with Crippen LogP contribution in [0.4, 0.5) is 0 Å².